The summed E-state index contributed by atoms with van der Waals surface area (Å²) in [7, 11) is -3.25. The number of benzene rings is 1. The number of amides is 1. The lowest BCUT2D eigenvalue weighted by Gasteiger charge is -2.38. The van der Waals surface area contributed by atoms with Gasteiger partial charge < -0.3 is 4.90 Å². The summed E-state index contributed by atoms with van der Waals surface area (Å²) in [5.41, 5.74) is 3.07. The zero-order chi connectivity index (χ0) is 17.3. The van der Waals surface area contributed by atoms with E-state index in [0.29, 0.717) is 25.3 Å². The molecule has 2 aromatic rings. The van der Waals surface area contributed by atoms with Gasteiger partial charge in [0.1, 0.15) is 5.69 Å². The molecule has 1 aromatic heterocycles. The highest BCUT2D eigenvalue weighted by Crippen LogP contribution is 2.29. The summed E-state index contributed by atoms with van der Waals surface area (Å²) in [4.78, 5) is 19.6. The minimum absolute atomic E-state index is 0.143. The van der Waals surface area contributed by atoms with Gasteiger partial charge in [0.25, 0.3) is 5.91 Å². The van der Waals surface area contributed by atoms with Gasteiger partial charge >= 0.3 is 0 Å². The van der Waals surface area contributed by atoms with Crippen molar-refractivity contribution in [3.8, 4) is 10.4 Å². The minimum Gasteiger partial charge on any atom is -0.334 e. The van der Waals surface area contributed by atoms with Gasteiger partial charge in [0.2, 0.25) is 10.0 Å². The van der Waals surface area contributed by atoms with Gasteiger partial charge in [-0.2, -0.15) is 4.31 Å². The Morgan fingerprint density at radius 3 is 2.58 bits per heavy atom. The van der Waals surface area contributed by atoms with Crippen molar-refractivity contribution in [3.05, 3.63) is 41.5 Å². The molecule has 1 aliphatic rings. The molecule has 128 valence electrons. The minimum atomic E-state index is -3.25. The number of carbonyl (C=O) groups is 1. The van der Waals surface area contributed by atoms with Crippen LogP contribution in [-0.4, -0.2) is 60.4 Å². The average molecular weight is 365 g/mol. The molecule has 0 radical (unpaired) electrons. The molecule has 3 rings (SSSR count). The summed E-state index contributed by atoms with van der Waals surface area (Å²) in [6.45, 7) is 2.88. The summed E-state index contributed by atoms with van der Waals surface area (Å²) in [5, 5.41) is 0. The summed E-state index contributed by atoms with van der Waals surface area (Å²) in [6.07, 6.45) is 1.20. The molecule has 0 spiro atoms. The molecular formula is C16H19N3O3S2. The van der Waals surface area contributed by atoms with Crippen LogP contribution in [0.3, 0.4) is 0 Å². The molecule has 24 heavy (non-hydrogen) atoms. The van der Waals surface area contributed by atoms with Crippen molar-refractivity contribution in [3.63, 3.8) is 0 Å². The molecular weight excluding hydrogens is 346 g/mol. The van der Waals surface area contributed by atoms with Gasteiger partial charge in [0.05, 0.1) is 16.6 Å². The number of hydrogen-bond donors (Lipinski definition) is 0. The molecule has 0 bridgehead atoms. The van der Waals surface area contributed by atoms with Crippen molar-refractivity contribution >= 4 is 27.3 Å². The number of piperazine rings is 1. The summed E-state index contributed by atoms with van der Waals surface area (Å²) in [6, 6.07) is 9.45. The maximum atomic E-state index is 12.9. The Labute approximate surface area is 145 Å². The highest BCUT2D eigenvalue weighted by atomic mass is 32.2. The Bertz CT molecular complexity index is 833. The van der Waals surface area contributed by atoms with Crippen molar-refractivity contribution in [1.29, 1.82) is 0 Å². The number of hydrogen-bond acceptors (Lipinski definition) is 5. The van der Waals surface area contributed by atoms with E-state index in [9.17, 15) is 13.2 Å². The Balaban J connectivity index is 1.81. The summed E-state index contributed by atoms with van der Waals surface area (Å²) < 4.78 is 24.9. The standard InChI is InChI=1S/C16H19N3O3S2/c1-12-10-18(8-9-19(12)24(2,21)22)16(20)14-15(23-11-17-14)13-6-4-3-5-7-13/h3-7,11-12H,8-10H2,1-2H3/t12-/m0/s1. The second kappa shape index (κ2) is 6.62. The predicted molar refractivity (Wildman–Crippen MR) is 94.5 cm³/mol. The van der Waals surface area contributed by atoms with Crippen LogP contribution >= 0.6 is 11.3 Å². The summed E-state index contributed by atoms with van der Waals surface area (Å²) in [5.74, 6) is -0.143. The first-order valence-electron chi connectivity index (χ1n) is 7.63. The molecule has 6 nitrogen and oxygen atoms in total. The third kappa shape index (κ3) is 3.35. The van der Waals surface area contributed by atoms with E-state index in [4.69, 9.17) is 0 Å². The topological polar surface area (TPSA) is 70.6 Å². The van der Waals surface area contributed by atoms with Crippen LogP contribution in [0.4, 0.5) is 0 Å². The van der Waals surface area contributed by atoms with Crippen molar-refractivity contribution < 1.29 is 13.2 Å². The van der Waals surface area contributed by atoms with Crippen molar-refractivity contribution in [2.45, 2.75) is 13.0 Å². The van der Waals surface area contributed by atoms with Gasteiger partial charge in [0.15, 0.2) is 0 Å². The molecule has 0 unspecified atom stereocenters. The van der Waals surface area contributed by atoms with Crippen LogP contribution < -0.4 is 0 Å². The second-order valence-electron chi connectivity index (χ2n) is 5.87. The van der Waals surface area contributed by atoms with E-state index >= 15 is 0 Å². The zero-order valence-corrected chi connectivity index (χ0v) is 15.2. The normalized spacial score (nSPS) is 19.4. The molecule has 1 fully saturated rings. The molecule has 8 heteroatoms. The van der Waals surface area contributed by atoms with Crippen LogP contribution in [0.25, 0.3) is 10.4 Å². The predicted octanol–water partition coefficient (Wildman–Crippen LogP) is 1.92. The monoisotopic (exact) mass is 365 g/mol. The van der Waals surface area contributed by atoms with Gasteiger partial charge in [-0.25, -0.2) is 13.4 Å². The SMILES string of the molecule is C[C@H]1CN(C(=O)c2ncsc2-c2ccccc2)CCN1S(C)(=O)=O. The lowest BCUT2D eigenvalue weighted by atomic mass is 10.1. The average Bonchev–Trinajstić information content (AvgIpc) is 3.03. The van der Waals surface area contributed by atoms with Gasteiger partial charge in [-0.15, -0.1) is 11.3 Å². The zero-order valence-electron chi connectivity index (χ0n) is 13.5. The van der Waals surface area contributed by atoms with Gasteiger partial charge in [-0.1, -0.05) is 30.3 Å². The number of carbonyl (C=O) groups excluding carboxylic acids is 1. The fraction of sp³-hybridized carbons (Fsp3) is 0.375. The number of thiazole rings is 1. The van der Waals surface area contributed by atoms with E-state index in [2.05, 4.69) is 4.98 Å². The molecule has 1 aliphatic heterocycles. The maximum absolute atomic E-state index is 12.9. The van der Waals surface area contributed by atoms with Crippen molar-refractivity contribution in [2.75, 3.05) is 25.9 Å². The Morgan fingerprint density at radius 2 is 1.96 bits per heavy atom. The lowest BCUT2D eigenvalue weighted by molar-refractivity contribution is 0.0638. The van der Waals surface area contributed by atoms with Gasteiger partial charge in [-0.05, 0) is 12.5 Å². The fourth-order valence-corrected chi connectivity index (χ4v) is 4.88. The van der Waals surface area contributed by atoms with E-state index in [1.165, 1.54) is 21.9 Å². The highest BCUT2D eigenvalue weighted by molar-refractivity contribution is 7.88. The third-order valence-electron chi connectivity index (χ3n) is 4.09. The van der Waals surface area contributed by atoms with E-state index in [0.717, 1.165) is 10.4 Å². The number of aromatic nitrogens is 1. The van der Waals surface area contributed by atoms with Crippen LogP contribution in [0, 0.1) is 0 Å². The van der Waals surface area contributed by atoms with Crippen molar-refractivity contribution in [1.82, 2.24) is 14.2 Å². The molecule has 0 saturated carbocycles. The third-order valence-corrected chi connectivity index (χ3v) is 6.36. The Kier molecular flexibility index (Phi) is 4.71. The second-order valence-corrected chi connectivity index (χ2v) is 8.66. The molecule has 2 heterocycles. The fourth-order valence-electron chi connectivity index (χ4n) is 2.96. The van der Waals surface area contributed by atoms with Gasteiger partial charge in [0, 0.05) is 25.7 Å². The molecule has 1 saturated heterocycles. The van der Waals surface area contributed by atoms with Crippen LogP contribution in [0.5, 0.6) is 0 Å². The van der Waals surface area contributed by atoms with E-state index in [1.54, 1.807) is 10.4 Å². The highest BCUT2D eigenvalue weighted by Gasteiger charge is 2.33. The number of sulfonamides is 1. The first-order chi connectivity index (χ1) is 11.4. The number of rotatable bonds is 3. The van der Waals surface area contributed by atoms with Crippen LogP contribution in [-0.2, 0) is 10.0 Å². The molecule has 1 atom stereocenters. The first kappa shape index (κ1) is 17.1. The summed E-state index contributed by atoms with van der Waals surface area (Å²) >= 11 is 1.44. The first-order valence-corrected chi connectivity index (χ1v) is 10.4. The molecule has 1 aromatic carbocycles. The molecule has 0 aliphatic carbocycles. The van der Waals surface area contributed by atoms with E-state index in [1.807, 2.05) is 37.3 Å². The largest absolute Gasteiger partial charge is 0.334 e. The van der Waals surface area contributed by atoms with E-state index in [-0.39, 0.29) is 11.9 Å². The molecule has 0 N–H and O–H groups in total. The van der Waals surface area contributed by atoms with E-state index < -0.39 is 10.0 Å². The quantitative estimate of drug-likeness (QED) is 0.833. The Hall–Kier alpha value is -1.77. The number of nitrogens with zero attached hydrogens (tertiary/aromatic N) is 3. The van der Waals surface area contributed by atoms with Crippen LogP contribution in [0.2, 0.25) is 0 Å². The molecule has 1 amide bonds. The van der Waals surface area contributed by atoms with Crippen LogP contribution in [0.15, 0.2) is 35.8 Å². The Morgan fingerprint density at radius 1 is 1.25 bits per heavy atom. The lowest BCUT2D eigenvalue weighted by Crippen LogP contribution is -2.55. The van der Waals surface area contributed by atoms with Crippen LogP contribution in [0.1, 0.15) is 17.4 Å². The van der Waals surface area contributed by atoms with Gasteiger partial charge in [-0.3, -0.25) is 4.79 Å². The maximum Gasteiger partial charge on any atom is 0.274 e. The van der Waals surface area contributed by atoms with Crippen molar-refractivity contribution in [2.24, 2.45) is 0 Å². The smallest absolute Gasteiger partial charge is 0.274 e.